The van der Waals surface area contributed by atoms with Crippen LogP contribution in [0.2, 0.25) is 0 Å². The monoisotopic (exact) mass is 193 g/mol. The number of hydrogen-bond donors (Lipinski definition) is 1. The number of imidazole rings is 1. The zero-order valence-corrected chi connectivity index (χ0v) is 8.09. The average molecular weight is 193 g/mol. The molecule has 6 nitrogen and oxygen atoms in total. The molecule has 6 heteroatoms. The number of unbranched alkanes of at least 4 members (excludes halogenated alkanes) is 1. The Morgan fingerprint density at radius 3 is 3.21 bits per heavy atom. The molecule has 0 aliphatic rings. The van der Waals surface area contributed by atoms with Crippen LogP contribution in [0.4, 0.5) is 0 Å². The Balaban J connectivity index is 2.10. The smallest absolute Gasteiger partial charge is 0.236 e. The zero-order chi connectivity index (χ0) is 9.80. The van der Waals surface area contributed by atoms with Gasteiger partial charge in [-0.25, -0.2) is 4.57 Å². The van der Waals surface area contributed by atoms with Gasteiger partial charge in [-0.2, -0.15) is 9.78 Å². The number of aromatic amines is 1. The Kier molecular flexibility index (Phi) is 2.53. The van der Waals surface area contributed by atoms with E-state index in [1.54, 1.807) is 0 Å². The molecule has 2 heterocycles. The second-order valence-corrected chi connectivity index (χ2v) is 3.12. The molecule has 0 aliphatic heterocycles. The molecule has 0 saturated heterocycles. The van der Waals surface area contributed by atoms with Gasteiger partial charge >= 0.3 is 5.95 Å². The highest BCUT2D eigenvalue weighted by Gasteiger charge is 2.09. The lowest BCUT2D eigenvalue weighted by Crippen LogP contribution is -2.30. The summed E-state index contributed by atoms with van der Waals surface area (Å²) in [5.41, 5.74) is 0. The highest BCUT2D eigenvalue weighted by Crippen LogP contribution is 1.94. The molecule has 0 spiro atoms. The van der Waals surface area contributed by atoms with Crippen molar-refractivity contribution in [1.29, 1.82) is 0 Å². The van der Waals surface area contributed by atoms with Gasteiger partial charge in [-0.15, -0.1) is 0 Å². The van der Waals surface area contributed by atoms with E-state index >= 15 is 0 Å². The SMILES string of the molecule is CCCC[n+]1ccn(-c2nn[nH]n2)c1. The van der Waals surface area contributed by atoms with E-state index in [4.69, 9.17) is 0 Å². The summed E-state index contributed by atoms with van der Waals surface area (Å²) in [4.78, 5) is 0. The normalized spacial score (nSPS) is 10.6. The third-order valence-corrected chi connectivity index (χ3v) is 2.03. The lowest BCUT2D eigenvalue weighted by Gasteiger charge is -1.91. The van der Waals surface area contributed by atoms with Gasteiger partial charge in [0.15, 0.2) is 0 Å². The van der Waals surface area contributed by atoms with E-state index in [-0.39, 0.29) is 0 Å². The minimum atomic E-state index is 0.570. The lowest BCUT2D eigenvalue weighted by atomic mass is 10.3. The van der Waals surface area contributed by atoms with Crippen molar-refractivity contribution in [1.82, 2.24) is 25.2 Å². The summed E-state index contributed by atoms with van der Waals surface area (Å²) in [5, 5.41) is 13.7. The minimum Gasteiger partial charge on any atom is -0.236 e. The Hall–Kier alpha value is -1.72. The van der Waals surface area contributed by atoms with Gasteiger partial charge in [0.05, 0.1) is 6.54 Å². The second kappa shape index (κ2) is 3.99. The van der Waals surface area contributed by atoms with Gasteiger partial charge in [-0.1, -0.05) is 23.5 Å². The summed E-state index contributed by atoms with van der Waals surface area (Å²) >= 11 is 0. The first-order valence-electron chi connectivity index (χ1n) is 4.71. The fourth-order valence-electron chi connectivity index (χ4n) is 1.25. The molecule has 2 rings (SSSR count). The van der Waals surface area contributed by atoms with E-state index in [9.17, 15) is 0 Å². The quantitative estimate of drug-likeness (QED) is 0.699. The molecule has 74 valence electrons. The highest BCUT2D eigenvalue weighted by atomic mass is 15.5. The van der Waals surface area contributed by atoms with Crippen molar-refractivity contribution in [3.05, 3.63) is 18.7 Å². The molecule has 1 N–H and O–H groups in total. The standard InChI is InChI=1S/C8H13N6/c1-2-3-4-13-5-6-14(7-13)8-9-11-12-10-8/h5-7H,2-4H2,1H3,(H,9,10,11,12)/q+1. The molecule has 14 heavy (non-hydrogen) atoms. The summed E-state index contributed by atoms with van der Waals surface area (Å²) in [6.07, 6.45) is 8.26. The molecule has 0 unspecified atom stereocenters. The first-order chi connectivity index (χ1) is 6.90. The van der Waals surface area contributed by atoms with Crippen LogP contribution in [0.3, 0.4) is 0 Å². The fraction of sp³-hybridized carbons (Fsp3) is 0.500. The summed E-state index contributed by atoms with van der Waals surface area (Å²) in [6, 6.07) is 0. The number of nitrogens with one attached hydrogen (secondary N) is 1. The van der Waals surface area contributed by atoms with Crippen molar-refractivity contribution < 1.29 is 4.57 Å². The van der Waals surface area contributed by atoms with Crippen LogP contribution < -0.4 is 4.57 Å². The van der Waals surface area contributed by atoms with Gasteiger partial charge < -0.3 is 0 Å². The van der Waals surface area contributed by atoms with E-state index in [1.165, 1.54) is 12.8 Å². The molecule has 0 radical (unpaired) electrons. The molecular formula is C8H13N6+. The van der Waals surface area contributed by atoms with Gasteiger partial charge in [-0.3, -0.25) is 0 Å². The minimum absolute atomic E-state index is 0.570. The van der Waals surface area contributed by atoms with Crippen LogP contribution in [-0.4, -0.2) is 25.2 Å². The average Bonchev–Trinajstić information content (AvgIpc) is 2.85. The van der Waals surface area contributed by atoms with Crippen LogP contribution >= 0.6 is 0 Å². The Morgan fingerprint density at radius 2 is 2.50 bits per heavy atom. The fourth-order valence-corrected chi connectivity index (χ4v) is 1.25. The van der Waals surface area contributed by atoms with Gasteiger partial charge in [0, 0.05) is 0 Å². The van der Waals surface area contributed by atoms with E-state index < -0.39 is 0 Å². The Labute approximate surface area is 81.6 Å². The largest absolute Gasteiger partial charge is 0.364 e. The van der Waals surface area contributed by atoms with Crippen LogP contribution in [0.15, 0.2) is 18.7 Å². The molecule has 2 aromatic rings. The van der Waals surface area contributed by atoms with E-state index in [0.29, 0.717) is 5.95 Å². The molecule has 0 fully saturated rings. The first kappa shape index (κ1) is 8.86. The third-order valence-electron chi connectivity index (χ3n) is 2.03. The van der Waals surface area contributed by atoms with Gasteiger partial charge in [0.2, 0.25) is 0 Å². The lowest BCUT2D eigenvalue weighted by molar-refractivity contribution is -0.696. The van der Waals surface area contributed by atoms with Crippen LogP contribution in [-0.2, 0) is 6.54 Å². The first-order valence-corrected chi connectivity index (χ1v) is 4.71. The Bertz CT molecular complexity index is 376. The molecule has 0 saturated carbocycles. The summed E-state index contributed by atoms with van der Waals surface area (Å²) in [5.74, 6) is 0.570. The van der Waals surface area contributed by atoms with Gasteiger partial charge in [0.25, 0.3) is 6.33 Å². The van der Waals surface area contributed by atoms with Crippen LogP contribution in [0.25, 0.3) is 5.95 Å². The van der Waals surface area contributed by atoms with Crippen molar-refractivity contribution in [2.75, 3.05) is 0 Å². The number of nitrogens with zero attached hydrogens (tertiary/aromatic N) is 5. The number of aromatic nitrogens is 6. The van der Waals surface area contributed by atoms with Crippen molar-refractivity contribution in [2.24, 2.45) is 0 Å². The molecule has 0 amide bonds. The molecule has 0 bridgehead atoms. The van der Waals surface area contributed by atoms with Crippen molar-refractivity contribution in [2.45, 2.75) is 26.3 Å². The molecule has 0 aromatic carbocycles. The van der Waals surface area contributed by atoms with E-state index in [0.717, 1.165) is 6.54 Å². The van der Waals surface area contributed by atoms with Crippen molar-refractivity contribution in [3.63, 3.8) is 0 Å². The second-order valence-electron chi connectivity index (χ2n) is 3.12. The number of hydrogen-bond acceptors (Lipinski definition) is 3. The van der Waals surface area contributed by atoms with E-state index in [1.807, 2.05) is 23.3 Å². The van der Waals surface area contributed by atoms with Crippen molar-refractivity contribution in [3.8, 4) is 5.95 Å². The summed E-state index contributed by atoms with van der Waals surface area (Å²) in [7, 11) is 0. The van der Waals surface area contributed by atoms with E-state index in [2.05, 4.69) is 32.1 Å². The zero-order valence-electron chi connectivity index (χ0n) is 8.09. The molecule has 0 atom stereocenters. The predicted octanol–water partition coefficient (Wildman–Crippen LogP) is 0.0780. The van der Waals surface area contributed by atoms with Crippen LogP contribution in [0.5, 0.6) is 0 Å². The number of H-pyrrole nitrogens is 1. The predicted molar refractivity (Wildman–Crippen MR) is 48.6 cm³/mol. The molecule has 0 aliphatic carbocycles. The van der Waals surface area contributed by atoms with Crippen LogP contribution in [0, 0.1) is 0 Å². The summed E-state index contributed by atoms with van der Waals surface area (Å²) < 4.78 is 3.94. The van der Waals surface area contributed by atoms with Crippen molar-refractivity contribution >= 4 is 0 Å². The maximum atomic E-state index is 3.88. The van der Waals surface area contributed by atoms with Crippen LogP contribution in [0.1, 0.15) is 19.8 Å². The molecular weight excluding hydrogens is 180 g/mol. The Morgan fingerprint density at radius 1 is 1.57 bits per heavy atom. The third kappa shape index (κ3) is 1.78. The maximum Gasteiger partial charge on any atom is 0.364 e. The summed E-state index contributed by atoms with van der Waals surface area (Å²) in [6.45, 7) is 3.21. The number of tetrazole rings is 1. The number of rotatable bonds is 4. The topological polar surface area (TPSA) is 63.3 Å². The maximum absolute atomic E-state index is 3.88. The molecule has 2 aromatic heterocycles. The highest BCUT2D eigenvalue weighted by molar-refractivity contribution is 5.02. The van der Waals surface area contributed by atoms with Gasteiger partial charge in [-0.05, 0) is 11.6 Å². The van der Waals surface area contributed by atoms with Gasteiger partial charge in [0.1, 0.15) is 12.4 Å². The number of aryl methyl sites for hydroxylation is 1.